The Balaban J connectivity index is 0.000000634. The molecule has 1 heterocycles. The molecule has 0 bridgehead atoms. The molecule has 0 aliphatic carbocycles. The number of halogens is 2. The highest BCUT2D eigenvalue weighted by molar-refractivity contribution is 7.94. The zero-order valence-corrected chi connectivity index (χ0v) is 28.4. The van der Waals surface area contributed by atoms with Crippen molar-refractivity contribution in [3.63, 3.8) is 0 Å². The second-order valence-electron chi connectivity index (χ2n) is 8.64. The molecule has 7 N–H and O–H groups in total. The van der Waals surface area contributed by atoms with Gasteiger partial charge in [-0.25, -0.2) is 0 Å². The summed E-state index contributed by atoms with van der Waals surface area (Å²) in [6.07, 6.45) is 5.87. The summed E-state index contributed by atoms with van der Waals surface area (Å²) in [7, 11) is -3.71. The van der Waals surface area contributed by atoms with Gasteiger partial charge in [0, 0.05) is 19.2 Å². The number of ether oxygens (including phenoxy) is 1. The summed E-state index contributed by atoms with van der Waals surface area (Å²) in [5.41, 5.74) is 5.25. The van der Waals surface area contributed by atoms with Gasteiger partial charge in [-0.2, -0.15) is 15.0 Å². The fourth-order valence-electron chi connectivity index (χ4n) is 2.54. The van der Waals surface area contributed by atoms with E-state index < -0.39 is 31.3 Å². The Morgan fingerprint density at radius 2 is 1.56 bits per heavy atom. The van der Waals surface area contributed by atoms with Crippen molar-refractivity contribution in [1.82, 2.24) is 20.3 Å². The van der Waals surface area contributed by atoms with Crippen LogP contribution in [0.4, 0.5) is 23.3 Å². The zero-order valence-electron chi connectivity index (χ0n) is 25.2. The quantitative estimate of drug-likeness (QED) is 0.0546. The van der Waals surface area contributed by atoms with Crippen molar-refractivity contribution in [2.24, 2.45) is 0 Å². The fraction of sp³-hybridized carbons (Fsp3) is 0.360. The van der Waals surface area contributed by atoms with Crippen LogP contribution in [0.2, 0.25) is 10.3 Å². The summed E-state index contributed by atoms with van der Waals surface area (Å²) in [5.74, 6) is 0.684. The Kier molecular flexibility index (Phi) is 20.4. The molecule has 20 heteroatoms. The lowest BCUT2D eigenvalue weighted by Gasteiger charge is -2.14. The molecule has 16 nitrogen and oxygen atoms in total. The van der Waals surface area contributed by atoms with Crippen molar-refractivity contribution in [3.8, 4) is 11.5 Å². The lowest BCUT2D eigenvalue weighted by molar-refractivity contribution is -0.383. The van der Waals surface area contributed by atoms with Gasteiger partial charge in [0.2, 0.25) is 17.2 Å². The van der Waals surface area contributed by atoms with Gasteiger partial charge < -0.3 is 40.6 Å². The minimum absolute atomic E-state index is 0.0352. The number of aliphatic carboxylic acids is 1. The Hall–Kier alpha value is -3.44. The molecule has 0 amide bonds. The summed E-state index contributed by atoms with van der Waals surface area (Å²) >= 11 is 11.6. The minimum Gasteiger partial charge on any atom is -0.778 e. The number of nitrogens with zero attached hydrogens (tertiary/aromatic N) is 4. The number of carboxylic acids is 1. The third kappa shape index (κ3) is 20.3. The number of nitrogens with two attached hydrogens (primary N) is 1. The van der Waals surface area contributed by atoms with Gasteiger partial charge in [0.15, 0.2) is 0 Å². The second kappa shape index (κ2) is 22.1. The number of nitrogens with one attached hydrogen (secondary N) is 3. The Bertz CT molecular complexity index is 1360. The minimum atomic E-state index is -4.35. The number of nitro groups is 1. The fourth-order valence-corrected chi connectivity index (χ4v) is 3.30. The van der Waals surface area contributed by atoms with Crippen LogP contribution >= 0.6 is 30.8 Å². The molecule has 1 aromatic heterocycles. The maximum Gasteiger partial charge on any atom is 0.317 e. The number of rotatable bonds is 11. The van der Waals surface area contributed by atoms with Crippen LogP contribution in [0.1, 0.15) is 13.8 Å². The highest BCUT2D eigenvalue weighted by Gasteiger charge is 2.18. The first-order chi connectivity index (χ1) is 21.0. The van der Waals surface area contributed by atoms with E-state index in [0.29, 0.717) is 28.5 Å². The monoisotopic (exact) mass is 710 g/mol. The molecule has 0 fully saturated rings. The molecular weight excluding hydrogens is 674 g/mol. The predicted molar refractivity (Wildman–Crippen MR) is 178 cm³/mol. The van der Waals surface area contributed by atoms with Gasteiger partial charge in [-0.1, -0.05) is 29.8 Å². The van der Waals surface area contributed by atoms with Crippen molar-refractivity contribution in [2.45, 2.75) is 13.8 Å². The van der Waals surface area contributed by atoms with E-state index in [9.17, 15) is 24.4 Å². The predicted octanol–water partition coefficient (Wildman–Crippen LogP) is 3.67. The molecule has 0 saturated carbocycles. The van der Waals surface area contributed by atoms with Gasteiger partial charge in [0.1, 0.15) is 29.8 Å². The number of aromatic nitrogens is 3. The van der Waals surface area contributed by atoms with Gasteiger partial charge in [0.05, 0.1) is 36.5 Å². The number of hydrogen-bond donors (Lipinski definition) is 6. The largest absolute Gasteiger partial charge is 0.778 e. The SMILES string of the molecule is CCNc1nc(Cl)nc(NCC)n1.C[S+](C)C.Nc1c([N+](=O)[O-])ccc(Oc2ccccc2)c1Cl.O=C(O)CNCP(=O)([O-])O. The van der Waals surface area contributed by atoms with Crippen LogP contribution in [-0.2, 0) is 20.3 Å². The summed E-state index contributed by atoms with van der Waals surface area (Å²) in [4.78, 5) is 49.7. The highest BCUT2D eigenvalue weighted by Crippen LogP contribution is 2.38. The summed E-state index contributed by atoms with van der Waals surface area (Å²) in [6.45, 7) is 4.96. The second-order valence-corrected chi connectivity index (χ2v) is 13.4. The number of benzene rings is 2. The van der Waals surface area contributed by atoms with Crippen LogP contribution < -0.4 is 31.3 Å². The molecule has 45 heavy (non-hydrogen) atoms. The highest BCUT2D eigenvalue weighted by atomic mass is 35.5. The van der Waals surface area contributed by atoms with Crippen LogP contribution in [0.3, 0.4) is 0 Å². The maximum absolute atomic E-state index is 10.7. The molecule has 0 aliphatic rings. The first-order valence-electron chi connectivity index (χ1n) is 12.8. The molecule has 0 aliphatic heterocycles. The third-order valence-corrected chi connectivity index (χ3v) is 5.34. The molecule has 3 rings (SSSR count). The van der Waals surface area contributed by atoms with Gasteiger partial charge in [-0.15, -0.1) is 0 Å². The number of nitro benzene ring substituents is 1. The summed E-state index contributed by atoms with van der Waals surface area (Å²) in [6, 6.07) is 11.6. The van der Waals surface area contributed by atoms with E-state index in [1.54, 1.807) is 24.3 Å². The molecule has 1 atom stereocenters. The van der Waals surface area contributed by atoms with Crippen LogP contribution in [0.25, 0.3) is 0 Å². The Morgan fingerprint density at radius 1 is 1.04 bits per heavy atom. The van der Waals surface area contributed by atoms with E-state index in [4.69, 9.17) is 43.7 Å². The zero-order chi connectivity index (χ0) is 34.6. The van der Waals surface area contributed by atoms with Crippen LogP contribution in [0, 0.1) is 10.1 Å². The van der Waals surface area contributed by atoms with Gasteiger partial charge in [-0.3, -0.25) is 20.2 Å². The number of nitrogen functional groups attached to an aromatic ring is 1. The molecule has 1 unspecified atom stereocenters. The number of carboxylic acid groups (broad SMARTS) is 1. The number of carbonyl (C=O) groups is 1. The molecule has 250 valence electrons. The normalized spacial score (nSPS) is 11.2. The van der Waals surface area contributed by atoms with Crippen molar-refractivity contribution in [3.05, 3.63) is 62.9 Å². The third-order valence-electron chi connectivity index (χ3n) is 4.15. The number of para-hydroxylation sites is 1. The Morgan fingerprint density at radius 3 is 1.98 bits per heavy atom. The van der Waals surface area contributed by atoms with E-state index in [2.05, 4.69) is 44.4 Å². The average Bonchev–Trinajstić information content (AvgIpc) is 2.91. The first kappa shape index (κ1) is 41.6. The van der Waals surface area contributed by atoms with E-state index in [1.807, 2.05) is 25.2 Å². The Labute approximate surface area is 273 Å². The standard InChI is InChI=1S/C12H9ClN2O3.C7H12ClN5.C3H8NO5P.C3H9S/c13-11-10(18-8-4-2-1-3-5-8)7-6-9(12(11)14)15(16)17;1-3-9-6-11-5(8)12-7(13-6)10-4-2;5-3(6)1-4-2-10(7,8)9;1-4(2)3/h1-7H,14H2;3-4H2,1-2H3,(H2,9,10,11,12,13);4H,1-2H2,(H,5,6)(H2,7,8,9);1-3H3/q;;;+1/p-1. The molecule has 0 saturated heterocycles. The van der Waals surface area contributed by atoms with E-state index >= 15 is 0 Å². The maximum atomic E-state index is 10.7. The first-order valence-corrected chi connectivity index (χ1v) is 17.8. The van der Waals surface area contributed by atoms with Crippen molar-refractivity contribution in [2.75, 3.05) is 61.1 Å². The van der Waals surface area contributed by atoms with E-state index in [0.717, 1.165) is 13.1 Å². The van der Waals surface area contributed by atoms with Gasteiger partial charge in [-0.05, 0) is 54.5 Å². The van der Waals surface area contributed by atoms with Gasteiger partial charge in [0.25, 0.3) is 5.69 Å². The summed E-state index contributed by atoms with van der Waals surface area (Å²) in [5, 5.41) is 26.8. The lowest BCUT2D eigenvalue weighted by atomic mass is 10.2. The molecule has 2 aromatic carbocycles. The number of anilines is 3. The van der Waals surface area contributed by atoms with Crippen LogP contribution in [0.15, 0.2) is 42.5 Å². The molecule has 0 spiro atoms. The topological polar surface area (TPSA) is 251 Å². The van der Waals surface area contributed by atoms with Gasteiger partial charge >= 0.3 is 5.97 Å². The lowest BCUT2D eigenvalue weighted by Crippen LogP contribution is -2.25. The van der Waals surface area contributed by atoms with E-state index in [-0.39, 0.29) is 27.4 Å². The van der Waals surface area contributed by atoms with Crippen molar-refractivity contribution >= 4 is 70.9 Å². The average molecular weight is 712 g/mol. The summed E-state index contributed by atoms with van der Waals surface area (Å²) < 4.78 is 15.4. The van der Waals surface area contributed by atoms with Crippen LogP contribution in [-0.4, -0.2) is 80.5 Å². The van der Waals surface area contributed by atoms with Crippen molar-refractivity contribution < 1.29 is 33.9 Å². The molecule has 3 aromatic rings. The number of hydrogen-bond acceptors (Lipinski definition) is 13. The van der Waals surface area contributed by atoms with E-state index in [1.165, 1.54) is 12.1 Å². The molecular formula is C25H37Cl2N8O8PS. The van der Waals surface area contributed by atoms with Crippen LogP contribution in [0.5, 0.6) is 11.5 Å². The molecule has 0 radical (unpaired) electrons. The van der Waals surface area contributed by atoms with Crippen molar-refractivity contribution in [1.29, 1.82) is 0 Å². The smallest absolute Gasteiger partial charge is 0.317 e.